The largest absolute Gasteiger partial charge is 0.494 e. The Morgan fingerprint density at radius 3 is 2.50 bits per heavy atom. The molecule has 0 N–H and O–H groups in total. The van der Waals surface area contributed by atoms with Gasteiger partial charge in [-0.2, -0.15) is 0 Å². The number of ether oxygens (including phenoxy) is 2. The molecule has 3 rings (SSSR count). The zero-order valence-corrected chi connectivity index (χ0v) is 14.9. The van der Waals surface area contributed by atoms with Crippen molar-refractivity contribution in [1.82, 2.24) is 4.98 Å². The number of anilines is 2. The van der Waals surface area contributed by atoms with Crippen molar-refractivity contribution in [2.24, 2.45) is 0 Å². The molecule has 1 saturated heterocycles. The molecule has 6 nitrogen and oxygen atoms in total. The third-order valence-corrected chi connectivity index (χ3v) is 4.35. The zero-order chi connectivity index (χ0) is 18.5. The zero-order valence-electron chi connectivity index (χ0n) is 14.9. The fourth-order valence-electron chi connectivity index (χ4n) is 3.00. The van der Waals surface area contributed by atoms with Gasteiger partial charge in [-0.25, -0.2) is 14.2 Å². The van der Waals surface area contributed by atoms with Crippen molar-refractivity contribution in [3.05, 3.63) is 47.9 Å². The third-order valence-electron chi connectivity index (χ3n) is 4.35. The van der Waals surface area contributed by atoms with Crippen LogP contribution in [0.25, 0.3) is 0 Å². The van der Waals surface area contributed by atoms with E-state index in [-0.39, 0.29) is 11.8 Å². The van der Waals surface area contributed by atoms with Crippen molar-refractivity contribution in [1.29, 1.82) is 0 Å². The van der Waals surface area contributed by atoms with Crippen LogP contribution in [0.5, 0.6) is 5.75 Å². The van der Waals surface area contributed by atoms with Gasteiger partial charge in [-0.05, 0) is 31.2 Å². The lowest BCUT2D eigenvalue weighted by Crippen LogP contribution is -2.47. The maximum atomic E-state index is 13.4. The summed E-state index contributed by atoms with van der Waals surface area (Å²) in [5, 5.41) is 0. The molecule has 1 fully saturated rings. The maximum absolute atomic E-state index is 13.4. The molecule has 1 aliphatic rings. The molecule has 0 spiro atoms. The van der Waals surface area contributed by atoms with Gasteiger partial charge in [0.05, 0.1) is 25.0 Å². The summed E-state index contributed by atoms with van der Waals surface area (Å²) < 4.78 is 23.6. The van der Waals surface area contributed by atoms with Gasteiger partial charge in [0.15, 0.2) is 0 Å². The Balaban J connectivity index is 1.64. The molecule has 26 heavy (non-hydrogen) atoms. The summed E-state index contributed by atoms with van der Waals surface area (Å²) in [6.45, 7) is 5.19. The lowest BCUT2D eigenvalue weighted by molar-refractivity contribution is 0.0526. The van der Waals surface area contributed by atoms with Gasteiger partial charge in [-0.3, -0.25) is 0 Å². The van der Waals surface area contributed by atoms with Gasteiger partial charge in [0.2, 0.25) is 0 Å². The van der Waals surface area contributed by atoms with Crippen LogP contribution in [0.2, 0.25) is 0 Å². The van der Waals surface area contributed by atoms with Crippen molar-refractivity contribution < 1.29 is 18.7 Å². The summed E-state index contributed by atoms with van der Waals surface area (Å²) in [6, 6.07) is 8.16. The molecule has 0 amide bonds. The van der Waals surface area contributed by atoms with E-state index in [1.807, 2.05) is 6.07 Å². The molecule has 0 unspecified atom stereocenters. The number of esters is 1. The lowest BCUT2D eigenvalue weighted by Gasteiger charge is -2.37. The van der Waals surface area contributed by atoms with Crippen LogP contribution in [0.1, 0.15) is 17.3 Å². The predicted molar refractivity (Wildman–Crippen MR) is 97.6 cm³/mol. The molecule has 2 heterocycles. The van der Waals surface area contributed by atoms with E-state index in [4.69, 9.17) is 9.47 Å². The van der Waals surface area contributed by atoms with E-state index in [1.165, 1.54) is 12.1 Å². The van der Waals surface area contributed by atoms with Crippen LogP contribution in [0.4, 0.5) is 15.9 Å². The minimum Gasteiger partial charge on any atom is -0.494 e. The Kier molecular flexibility index (Phi) is 5.55. The van der Waals surface area contributed by atoms with Gasteiger partial charge in [-0.1, -0.05) is 0 Å². The van der Waals surface area contributed by atoms with Crippen LogP contribution in [-0.4, -0.2) is 50.8 Å². The summed E-state index contributed by atoms with van der Waals surface area (Å²) in [6.07, 6.45) is 1.54. The van der Waals surface area contributed by atoms with Crippen molar-refractivity contribution >= 4 is 17.5 Å². The predicted octanol–water partition coefficient (Wildman–Crippen LogP) is 2.73. The fourth-order valence-corrected chi connectivity index (χ4v) is 3.00. The SMILES string of the molecule is CCOC(=O)c1ccc(N2CCN(c3ccc(F)cc3OC)CC2)nc1. The molecule has 0 radical (unpaired) electrons. The van der Waals surface area contributed by atoms with Gasteiger partial charge in [0.25, 0.3) is 0 Å². The molecule has 0 atom stereocenters. The summed E-state index contributed by atoms with van der Waals surface area (Å²) >= 11 is 0. The van der Waals surface area contributed by atoms with E-state index in [0.29, 0.717) is 17.9 Å². The third kappa shape index (κ3) is 3.87. The number of halogens is 1. The standard InChI is InChI=1S/C19H22FN3O3/c1-3-26-19(24)14-4-7-18(21-13-14)23-10-8-22(9-11-23)16-6-5-15(20)12-17(16)25-2/h4-7,12-13H,3,8-11H2,1-2H3. The molecular weight excluding hydrogens is 337 g/mol. The van der Waals surface area contributed by atoms with Crippen molar-refractivity contribution in [3.63, 3.8) is 0 Å². The molecule has 1 aromatic carbocycles. The average molecular weight is 359 g/mol. The number of aromatic nitrogens is 1. The van der Waals surface area contributed by atoms with Gasteiger partial charge in [-0.15, -0.1) is 0 Å². The van der Waals surface area contributed by atoms with Crippen LogP contribution in [0, 0.1) is 5.82 Å². The van der Waals surface area contributed by atoms with Crippen molar-refractivity contribution in [3.8, 4) is 5.75 Å². The number of methoxy groups -OCH3 is 1. The monoisotopic (exact) mass is 359 g/mol. The molecule has 1 aromatic heterocycles. The Labute approximate surface area is 152 Å². The van der Waals surface area contributed by atoms with Gasteiger partial charge in [0, 0.05) is 38.4 Å². The van der Waals surface area contributed by atoms with E-state index in [9.17, 15) is 9.18 Å². The topological polar surface area (TPSA) is 54.9 Å². The molecule has 0 bridgehead atoms. The fraction of sp³-hybridized carbons (Fsp3) is 0.368. The molecule has 7 heteroatoms. The quantitative estimate of drug-likeness (QED) is 0.765. The van der Waals surface area contributed by atoms with Crippen molar-refractivity contribution in [2.75, 3.05) is 49.7 Å². The van der Waals surface area contributed by atoms with Crippen LogP contribution in [0.15, 0.2) is 36.5 Å². The Hall–Kier alpha value is -2.83. The summed E-state index contributed by atoms with van der Waals surface area (Å²) in [5.41, 5.74) is 1.34. The van der Waals surface area contributed by atoms with Crippen LogP contribution < -0.4 is 14.5 Å². The summed E-state index contributed by atoms with van der Waals surface area (Å²) in [5.74, 6) is 0.689. The number of carbonyl (C=O) groups excluding carboxylic acids is 1. The highest BCUT2D eigenvalue weighted by Crippen LogP contribution is 2.30. The first-order valence-electron chi connectivity index (χ1n) is 8.59. The number of pyridine rings is 1. The Bertz CT molecular complexity index is 759. The van der Waals surface area contributed by atoms with E-state index >= 15 is 0 Å². The van der Waals surface area contributed by atoms with E-state index in [2.05, 4.69) is 14.8 Å². The Morgan fingerprint density at radius 1 is 1.15 bits per heavy atom. The molecule has 2 aromatic rings. The number of nitrogens with zero attached hydrogens (tertiary/aromatic N) is 3. The number of benzene rings is 1. The highest BCUT2D eigenvalue weighted by atomic mass is 19.1. The smallest absolute Gasteiger partial charge is 0.339 e. The first-order valence-corrected chi connectivity index (χ1v) is 8.59. The minimum atomic E-state index is -0.361. The number of carbonyl (C=O) groups is 1. The molecule has 1 aliphatic heterocycles. The van der Waals surface area contributed by atoms with Crippen LogP contribution >= 0.6 is 0 Å². The van der Waals surface area contributed by atoms with Crippen LogP contribution in [0.3, 0.4) is 0 Å². The van der Waals surface area contributed by atoms with Crippen LogP contribution in [-0.2, 0) is 4.74 Å². The first kappa shape index (κ1) is 18.0. The summed E-state index contributed by atoms with van der Waals surface area (Å²) in [4.78, 5) is 20.4. The normalized spacial score (nSPS) is 14.3. The van der Waals surface area contributed by atoms with Gasteiger partial charge < -0.3 is 19.3 Å². The van der Waals surface area contributed by atoms with E-state index in [1.54, 1.807) is 32.4 Å². The number of piperazine rings is 1. The van der Waals surface area contributed by atoms with E-state index in [0.717, 1.165) is 37.7 Å². The van der Waals surface area contributed by atoms with Gasteiger partial charge in [0.1, 0.15) is 17.4 Å². The second kappa shape index (κ2) is 8.03. The first-order chi connectivity index (χ1) is 12.6. The summed E-state index contributed by atoms with van der Waals surface area (Å²) in [7, 11) is 1.55. The highest BCUT2D eigenvalue weighted by molar-refractivity contribution is 5.89. The number of hydrogen-bond acceptors (Lipinski definition) is 6. The average Bonchev–Trinajstić information content (AvgIpc) is 2.68. The second-order valence-electron chi connectivity index (χ2n) is 5.92. The molecule has 138 valence electrons. The maximum Gasteiger partial charge on any atom is 0.339 e. The minimum absolute atomic E-state index is 0.310. The van der Waals surface area contributed by atoms with Gasteiger partial charge >= 0.3 is 5.97 Å². The molecule has 0 saturated carbocycles. The number of hydrogen-bond donors (Lipinski definition) is 0. The highest BCUT2D eigenvalue weighted by Gasteiger charge is 2.21. The molecular formula is C19H22FN3O3. The molecule has 0 aliphatic carbocycles. The lowest BCUT2D eigenvalue weighted by atomic mass is 10.2. The second-order valence-corrected chi connectivity index (χ2v) is 5.92. The Morgan fingerprint density at radius 2 is 1.88 bits per heavy atom. The van der Waals surface area contributed by atoms with Crippen molar-refractivity contribution in [2.45, 2.75) is 6.92 Å². The number of rotatable bonds is 5. The van der Waals surface area contributed by atoms with E-state index < -0.39 is 0 Å².